The van der Waals surface area contributed by atoms with E-state index in [2.05, 4.69) is 25.9 Å². The van der Waals surface area contributed by atoms with Gasteiger partial charge in [-0.15, -0.1) is 0 Å². The molecule has 114 valence electrons. The first-order valence-corrected chi connectivity index (χ1v) is 8.38. The molecule has 0 amide bonds. The molecule has 21 heavy (non-hydrogen) atoms. The van der Waals surface area contributed by atoms with E-state index >= 15 is 0 Å². The number of rotatable bonds is 5. The summed E-state index contributed by atoms with van der Waals surface area (Å²) in [4.78, 5) is 0.966. The first-order valence-electron chi connectivity index (χ1n) is 6.81. The Morgan fingerprint density at radius 3 is 2.33 bits per heavy atom. The van der Waals surface area contributed by atoms with Gasteiger partial charge in [-0.1, -0.05) is 41.9 Å². The van der Waals surface area contributed by atoms with Gasteiger partial charge in [0.25, 0.3) is 0 Å². The van der Waals surface area contributed by atoms with E-state index in [1.165, 1.54) is 0 Å². The van der Waals surface area contributed by atoms with Crippen LogP contribution in [-0.4, -0.2) is 14.9 Å². The maximum absolute atomic E-state index is 9.50. The normalized spacial score (nSPS) is 11.4. The van der Waals surface area contributed by atoms with E-state index in [1.54, 1.807) is 17.8 Å². The molecule has 0 aliphatic heterocycles. The zero-order valence-corrected chi connectivity index (χ0v) is 14.6. The first kappa shape index (κ1) is 16.7. The molecule has 0 spiro atoms. The van der Waals surface area contributed by atoms with E-state index in [1.807, 2.05) is 16.8 Å². The number of aromatic nitrogens is 2. The number of aliphatic hydroxyl groups excluding tert-OH is 1. The zero-order valence-electron chi connectivity index (χ0n) is 12.2. The Kier molecular flexibility index (Phi) is 5.60. The Bertz CT molecular complexity index is 621. The summed E-state index contributed by atoms with van der Waals surface area (Å²) in [5.41, 5.74) is 1.81. The third kappa shape index (κ3) is 3.75. The van der Waals surface area contributed by atoms with Crippen LogP contribution >= 0.6 is 35.0 Å². The second kappa shape index (κ2) is 7.05. The Balaban J connectivity index is 2.48. The largest absolute Gasteiger partial charge is 0.390 e. The Hall–Kier alpha value is -0.680. The minimum absolute atomic E-state index is 0.0489. The number of benzene rings is 1. The van der Waals surface area contributed by atoms with Crippen molar-refractivity contribution in [2.45, 2.75) is 49.8 Å². The van der Waals surface area contributed by atoms with Gasteiger partial charge in [0, 0.05) is 26.5 Å². The molecule has 0 fully saturated rings. The van der Waals surface area contributed by atoms with Gasteiger partial charge in [0.2, 0.25) is 0 Å². The van der Waals surface area contributed by atoms with Gasteiger partial charge in [-0.25, -0.2) is 0 Å². The minimum atomic E-state index is -0.0489. The molecule has 2 rings (SSSR count). The molecule has 0 bridgehead atoms. The van der Waals surface area contributed by atoms with Crippen molar-refractivity contribution in [3.8, 4) is 0 Å². The van der Waals surface area contributed by atoms with Gasteiger partial charge in [0.15, 0.2) is 0 Å². The molecule has 0 aliphatic rings. The molecular weight excluding hydrogens is 327 g/mol. The van der Waals surface area contributed by atoms with E-state index in [0.29, 0.717) is 10.0 Å². The second-order valence-corrected chi connectivity index (χ2v) is 6.92. The van der Waals surface area contributed by atoms with Crippen molar-refractivity contribution in [3.63, 3.8) is 0 Å². The highest BCUT2D eigenvalue weighted by molar-refractivity contribution is 7.99. The number of nitrogens with zero attached hydrogens (tertiary/aromatic N) is 2. The molecule has 2 aromatic rings. The van der Waals surface area contributed by atoms with Crippen molar-refractivity contribution < 1.29 is 5.11 Å². The van der Waals surface area contributed by atoms with E-state index in [9.17, 15) is 5.11 Å². The topological polar surface area (TPSA) is 38.1 Å². The summed E-state index contributed by atoms with van der Waals surface area (Å²) >= 11 is 13.7. The average molecular weight is 345 g/mol. The third-order valence-corrected chi connectivity index (χ3v) is 4.62. The molecule has 1 aromatic carbocycles. The van der Waals surface area contributed by atoms with Crippen LogP contribution in [0.4, 0.5) is 0 Å². The maximum atomic E-state index is 9.50. The fraction of sp³-hybridized carbons (Fsp3) is 0.400. The van der Waals surface area contributed by atoms with E-state index in [4.69, 9.17) is 23.2 Å². The van der Waals surface area contributed by atoms with Gasteiger partial charge >= 0.3 is 0 Å². The SMILES string of the molecule is CCc1c(CO)nn(C(C)C)c1Sc1cc(Cl)cc(Cl)c1. The minimum Gasteiger partial charge on any atom is -0.390 e. The number of hydrogen-bond donors (Lipinski definition) is 1. The smallest absolute Gasteiger partial charge is 0.103 e. The highest BCUT2D eigenvalue weighted by atomic mass is 35.5. The quantitative estimate of drug-likeness (QED) is 0.831. The lowest BCUT2D eigenvalue weighted by atomic mass is 10.2. The summed E-state index contributed by atoms with van der Waals surface area (Å²) in [6.07, 6.45) is 0.819. The predicted octanol–water partition coefficient (Wildman–Crippen LogP) is 4.98. The first-order chi connectivity index (χ1) is 9.96. The lowest BCUT2D eigenvalue weighted by molar-refractivity contribution is 0.273. The van der Waals surface area contributed by atoms with Crippen molar-refractivity contribution in [2.24, 2.45) is 0 Å². The molecule has 0 atom stereocenters. The van der Waals surface area contributed by atoms with Crippen LogP contribution < -0.4 is 0 Å². The van der Waals surface area contributed by atoms with Gasteiger partial charge in [0.05, 0.1) is 12.3 Å². The Morgan fingerprint density at radius 1 is 1.24 bits per heavy atom. The summed E-state index contributed by atoms with van der Waals surface area (Å²) in [7, 11) is 0. The van der Waals surface area contributed by atoms with Crippen LogP contribution in [-0.2, 0) is 13.0 Å². The standard InChI is InChI=1S/C15H18Cl2N2OS/c1-4-13-14(8-20)18-19(9(2)3)15(13)21-12-6-10(16)5-11(17)7-12/h5-7,9,20H,4,8H2,1-3H3. The van der Waals surface area contributed by atoms with Crippen LogP contribution in [0.1, 0.15) is 38.1 Å². The molecule has 0 aliphatic carbocycles. The number of aliphatic hydroxyl groups is 1. The Morgan fingerprint density at radius 2 is 1.86 bits per heavy atom. The molecule has 0 saturated carbocycles. The summed E-state index contributed by atoms with van der Waals surface area (Å²) in [5, 5.41) is 16.3. The molecule has 0 saturated heterocycles. The van der Waals surface area contributed by atoms with Crippen molar-refractivity contribution in [3.05, 3.63) is 39.5 Å². The molecule has 6 heteroatoms. The number of hydrogen-bond acceptors (Lipinski definition) is 3. The third-order valence-electron chi connectivity index (χ3n) is 3.09. The van der Waals surface area contributed by atoms with Crippen LogP contribution in [0.3, 0.4) is 0 Å². The maximum Gasteiger partial charge on any atom is 0.103 e. The number of halogens is 2. The van der Waals surface area contributed by atoms with Crippen LogP contribution in [0.5, 0.6) is 0 Å². The van der Waals surface area contributed by atoms with E-state index in [0.717, 1.165) is 27.6 Å². The molecule has 1 aromatic heterocycles. The van der Waals surface area contributed by atoms with Crippen molar-refractivity contribution >= 4 is 35.0 Å². The lowest BCUT2D eigenvalue weighted by Crippen LogP contribution is -2.05. The highest BCUT2D eigenvalue weighted by Crippen LogP contribution is 2.36. The molecule has 3 nitrogen and oxygen atoms in total. The Labute approximate surface area is 139 Å². The van der Waals surface area contributed by atoms with Crippen LogP contribution in [0.2, 0.25) is 10.0 Å². The summed E-state index contributed by atoms with van der Waals surface area (Å²) < 4.78 is 1.95. The molecule has 1 heterocycles. The van der Waals surface area contributed by atoms with E-state index < -0.39 is 0 Å². The molecule has 0 radical (unpaired) electrons. The van der Waals surface area contributed by atoms with Crippen molar-refractivity contribution in [1.29, 1.82) is 0 Å². The lowest BCUT2D eigenvalue weighted by Gasteiger charge is -2.12. The fourth-order valence-corrected chi connectivity index (χ4v) is 4.12. The summed E-state index contributed by atoms with van der Waals surface area (Å²) in [6.45, 7) is 6.16. The zero-order chi connectivity index (χ0) is 15.6. The summed E-state index contributed by atoms with van der Waals surface area (Å²) in [5.74, 6) is 0. The van der Waals surface area contributed by atoms with Gasteiger partial charge in [-0.2, -0.15) is 5.10 Å². The van der Waals surface area contributed by atoms with Gasteiger partial charge in [-0.05, 0) is 38.5 Å². The fourth-order valence-electron chi connectivity index (χ4n) is 2.14. The van der Waals surface area contributed by atoms with Gasteiger partial charge in [-0.3, -0.25) is 4.68 Å². The van der Waals surface area contributed by atoms with Gasteiger partial charge < -0.3 is 5.11 Å². The molecule has 1 N–H and O–H groups in total. The van der Waals surface area contributed by atoms with Crippen molar-refractivity contribution in [1.82, 2.24) is 9.78 Å². The van der Waals surface area contributed by atoms with Crippen LogP contribution in [0.25, 0.3) is 0 Å². The predicted molar refractivity (Wildman–Crippen MR) is 88.5 cm³/mol. The van der Waals surface area contributed by atoms with E-state index in [-0.39, 0.29) is 12.6 Å². The van der Waals surface area contributed by atoms with Gasteiger partial charge in [0.1, 0.15) is 5.03 Å². The average Bonchev–Trinajstić information content (AvgIpc) is 2.75. The second-order valence-electron chi connectivity index (χ2n) is 4.99. The van der Waals surface area contributed by atoms with Crippen molar-refractivity contribution in [2.75, 3.05) is 0 Å². The monoisotopic (exact) mass is 344 g/mol. The van der Waals surface area contributed by atoms with Crippen LogP contribution in [0, 0.1) is 0 Å². The highest BCUT2D eigenvalue weighted by Gasteiger charge is 2.19. The molecule has 0 unspecified atom stereocenters. The van der Waals surface area contributed by atoms with Crippen LogP contribution in [0.15, 0.2) is 28.1 Å². The molecular formula is C15H18Cl2N2OS. The summed E-state index contributed by atoms with van der Waals surface area (Å²) in [6, 6.07) is 5.70.